The largest absolute Gasteiger partial charge is 0.506 e. The van der Waals surface area contributed by atoms with E-state index in [-0.39, 0.29) is 35.6 Å². The molecule has 0 aliphatic carbocycles. The number of phenols is 1. The first-order chi connectivity index (χ1) is 16.9. The van der Waals surface area contributed by atoms with Crippen LogP contribution in [0.2, 0.25) is 0 Å². The number of nitrogens with zero attached hydrogens (tertiary/aromatic N) is 1. The van der Waals surface area contributed by atoms with Gasteiger partial charge in [0, 0.05) is 13.0 Å². The molecule has 2 aromatic carbocycles. The topological polar surface area (TPSA) is 124 Å². The first-order valence-corrected chi connectivity index (χ1v) is 12.2. The highest BCUT2D eigenvalue weighted by Crippen LogP contribution is 2.25. The second kappa shape index (κ2) is 12.7. The maximum Gasteiger partial charge on any atom is 0.307 e. The van der Waals surface area contributed by atoms with Crippen LogP contribution >= 0.6 is 0 Å². The highest BCUT2D eigenvalue weighted by molar-refractivity contribution is 6.21. The molecule has 2 aromatic rings. The quantitative estimate of drug-likeness (QED) is 0.203. The number of carboxylic acid groups (broad SMARTS) is 1. The lowest BCUT2D eigenvalue weighted by molar-refractivity contribution is -0.136. The fourth-order valence-corrected chi connectivity index (χ4v) is 4.24. The minimum atomic E-state index is -0.976. The van der Waals surface area contributed by atoms with Crippen LogP contribution in [0.1, 0.15) is 84.1 Å². The minimum absolute atomic E-state index is 0.0875. The zero-order valence-electron chi connectivity index (χ0n) is 19.8. The summed E-state index contributed by atoms with van der Waals surface area (Å²) in [6.07, 6.45) is 7.77. The molecule has 0 aromatic heterocycles. The van der Waals surface area contributed by atoms with E-state index in [1.54, 1.807) is 24.3 Å². The third kappa shape index (κ3) is 7.40. The Kier molecular flexibility index (Phi) is 9.40. The number of phenolic OH excluding ortho intramolecular Hbond substituents is 1. The molecule has 1 aliphatic rings. The summed E-state index contributed by atoms with van der Waals surface area (Å²) in [6.45, 7) is 0.455. The van der Waals surface area contributed by atoms with Crippen molar-refractivity contribution in [3.63, 3.8) is 0 Å². The van der Waals surface area contributed by atoms with Crippen LogP contribution < -0.4 is 5.32 Å². The lowest BCUT2D eigenvalue weighted by Gasteiger charge is -2.13. The molecule has 0 spiro atoms. The zero-order chi connectivity index (χ0) is 25.2. The number of hydrogen-bond donors (Lipinski definition) is 3. The Bertz CT molecular complexity index is 1050. The van der Waals surface area contributed by atoms with Gasteiger partial charge in [-0.05, 0) is 42.7 Å². The summed E-state index contributed by atoms with van der Waals surface area (Å²) in [4.78, 5) is 49.0. The number of aromatic hydroxyl groups is 1. The van der Waals surface area contributed by atoms with E-state index in [9.17, 15) is 24.3 Å². The summed E-state index contributed by atoms with van der Waals surface area (Å²) in [6, 6.07) is 11.3. The molecule has 1 heterocycles. The maximum atomic E-state index is 12.3. The second-order valence-electron chi connectivity index (χ2n) is 8.86. The van der Waals surface area contributed by atoms with E-state index < -0.39 is 5.97 Å². The Balaban J connectivity index is 1.22. The van der Waals surface area contributed by atoms with Crippen LogP contribution in [0.4, 0.5) is 5.69 Å². The first-order valence-electron chi connectivity index (χ1n) is 12.2. The van der Waals surface area contributed by atoms with E-state index in [1.165, 1.54) is 23.1 Å². The van der Waals surface area contributed by atoms with E-state index in [0.717, 1.165) is 51.4 Å². The van der Waals surface area contributed by atoms with Gasteiger partial charge in [0.1, 0.15) is 5.75 Å². The van der Waals surface area contributed by atoms with Gasteiger partial charge in [-0.2, -0.15) is 0 Å². The molecule has 0 radical (unpaired) electrons. The van der Waals surface area contributed by atoms with Crippen molar-refractivity contribution < 1.29 is 29.4 Å². The fraction of sp³-hybridized carbons (Fsp3) is 0.407. The van der Waals surface area contributed by atoms with Gasteiger partial charge in [-0.25, -0.2) is 0 Å². The van der Waals surface area contributed by atoms with Crippen LogP contribution in [-0.4, -0.2) is 45.3 Å². The molecule has 3 rings (SSSR count). The number of nitrogens with one attached hydrogen (secondary N) is 1. The van der Waals surface area contributed by atoms with Gasteiger partial charge < -0.3 is 15.5 Å². The second-order valence-corrected chi connectivity index (χ2v) is 8.86. The van der Waals surface area contributed by atoms with Gasteiger partial charge in [-0.3, -0.25) is 24.1 Å². The summed E-state index contributed by atoms with van der Waals surface area (Å²) in [5, 5.41) is 21.4. The molecule has 3 N–H and O–H groups in total. The van der Waals surface area contributed by atoms with Crippen LogP contribution in [0.3, 0.4) is 0 Å². The number of benzene rings is 2. The van der Waals surface area contributed by atoms with E-state index in [1.807, 2.05) is 0 Å². The van der Waals surface area contributed by atoms with E-state index in [2.05, 4.69) is 5.32 Å². The molecular weight excluding hydrogens is 448 g/mol. The van der Waals surface area contributed by atoms with Crippen molar-refractivity contribution in [2.75, 3.05) is 11.9 Å². The van der Waals surface area contributed by atoms with Gasteiger partial charge >= 0.3 is 5.97 Å². The Morgan fingerprint density at radius 2 is 1.37 bits per heavy atom. The number of amides is 3. The van der Waals surface area contributed by atoms with Crippen molar-refractivity contribution in [1.82, 2.24) is 4.90 Å². The van der Waals surface area contributed by atoms with Crippen molar-refractivity contribution in [2.45, 2.75) is 64.2 Å². The fourth-order valence-electron chi connectivity index (χ4n) is 4.24. The summed E-state index contributed by atoms with van der Waals surface area (Å²) in [5.74, 6) is -1.66. The third-order valence-electron chi connectivity index (χ3n) is 6.10. The Labute approximate surface area is 205 Å². The van der Waals surface area contributed by atoms with Crippen molar-refractivity contribution in [3.05, 3.63) is 59.2 Å². The predicted molar refractivity (Wildman–Crippen MR) is 131 cm³/mol. The Morgan fingerprint density at radius 3 is 1.97 bits per heavy atom. The summed E-state index contributed by atoms with van der Waals surface area (Å²) >= 11 is 0. The number of carboxylic acids is 1. The lowest BCUT2D eigenvalue weighted by Crippen LogP contribution is -2.30. The Hall–Kier alpha value is -3.68. The number of hydrogen-bond acceptors (Lipinski definition) is 5. The van der Waals surface area contributed by atoms with E-state index in [4.69, 9.17) is 5.11 Å². The Morgan fingerprint density at radius 1 is 0.800 bits per heavy atom. The standard InChI is InChI=1S/C27H32N2O6/c30-23-15-14-19(18-25(32)33)17-22(23)28-24(31)13-7-5-3-1-2-4-6-10-16-29-26(34)20-11-8-9-12-21(20)27(29)35/h8-9,11-12,14-15,17,30H,1-7,10,13,16,18H2,(H,28,31)(H,32,33). The average Bonchev–Trinajstić information content (AvgIpc) is 3.07. The van der Waals surface area contributed by atoms with Crippen LogP contribution in [0.5, 0.6) is 5.75 Å². The molecular formula is C27H32N2O6. The number of anilines is 1. The maximum absolute atomic E-state index is 12.3. The monoisotopic (exact) mass is 480 g/mol. The number of aliphatic carboxylic acids is 1. The first kappa shape index (κ1) is 25.9. The highest BCUT2D eigenvalue weighted by atomic mass is 16.4. The zero-order valence-corrected chi connectivity index (χ0v) is 19.8. The summed E-state index contributed by atoms with van der Waals surface area (Å²) in [5.41, 5.74) is 1.73. The van der Waals surface area contributed by atoms with E-state index >= 15 is 0 Å². The number of unbranched alkanes of at least 4 members (excludes halogenated alkanes) is 7. The average molecular weight is 481 g/mol. The molecule has 35 heavy (non-hydrogen) atoms. The number of carbonyl (C=O) groups excluding carboxylic acids is 3. The molecule has 0 saturated heterocycles. The smallest absolute Gasteiger partial charge is 0.307 e. The van der Waals surface area contributed by atoms with Crippen LogP contribution in [0.15, 0.2) is 42.5 Å². The van der Waals surface area contributed by atoms with Crippen molar-refractivity contribution in [1.29, 1.82) is 0 Å². The molecule has 0 bridgehead atoms. The molecule has 0 atom stereocenters. The van der Waals surface area contributed by atoms with E-state index in [0.29, 0.717) is 29.7 Å². The SMILES string of the molecule is O=C(O)Cc1ccc(O)c(NC(=O)CCCCCCCCCCN2C(=O)c3ccccc3C2=O)c1. The molecule has 186 valence electrons. The van der Waals surface area contributed by atoms with Crippen LogP contribution in [-0.2, 0) is 16.0 Å². The summed E-state index contributed by atoms with van der Waals surface area (Å²) in [7, 11) is 0. The molecule has 0 unspecified atom stereocenters. The highest BCUT2D eigenvalue weighted by Gasteiger charge is 2.34. The van der Waals surface area contributed by atoms with Crippen molar-refractivity contribution >= 4 is 29.4 Å². The molecule has 0 saturated carbocycles. The third-order valence-corrected chi connectivity index (χ3v) is 6.10. The van der Waals surface area contributed by atoms with Gasteiger partial charge in [-0.1, -0.05) is 56.7 Å². The lowest BCUT2D eigenvalue weighted by atomic mass is 10.1. The minimum Gasteiger partial charge on any atom is -0.506 e. The van der Waals surface area contributed by atoms with Gasteiger partial charge in [0.2, 0.25) is 5.91 Å². The number of fused-ring (bicyclic) bond motifs is 1. The van der Waals surface area contributed by atoms with Gasteiger partial charge in [0.15, 0.2) is 0 Å². The predicted octanol–water partition coefficient (Wildman–Crippen LogP) is 4.76. The molecule has 8 heteroatoms. The van der Waals surface area contributed by atoms with Crippen molar-refractivity contribution in [3.8, 4) is 5.75 Å². The molecule has 0 fully saturated rings. The van der Waals surface area contributed by atoms with Gasteiger partial charge in [0.05, 0.1) is 23.2 Å². The van der Waals surface area contributed by atoms with Crippen LogP contribution in [0.25, 0.3) is 0 Å². The van der Waals surface area contributed by atoms with Crippen LogP contribution in [0, 0.1) is 0 Å². The normalized spacial score (nSPS) is 12.6. The van der Waals surface area contributed by atoms with Gasteiger partial charge in [0.25, 0.3) is 11.8 Å². The van der Waals surface area contributed by atoms with Gasteiger partial charge in [-0.15, -0.1) is 0 Å². The summed E-state index contributed by atoms with van der Waals surface area (Å²) < 4.78 is 0. The number of imide groups is 1. The number of carbonyl (C=O) groups is 4. The molecule has 8 nitrogen and oxygen atoms in total. The number of rotatable bonds is 14. The molecule has 1 aliphatic heterocycles. The van der Waals surface area contributed by atoms with Crippen molar-refractivity contribution in [2.24, 2.45) is 0 Å². The molecule has 3 amide bonds.